The quantitative estimate of drug-likeness (QED) is 0.617. The molecular weight excluding hydrogens is 290 g/mol. The summed E-state index contributed by atoms with van der Waals surface area (Å²) in [5.74, 6) is 0. The molecule has 0 spiro atoms. The maximum Gasteiger partial charge on any atom is 0.276 e. The SMILES string of the molecule is Cn1nnc(-c2nc3ccccc3[nH]c2=O)c1-c1ccccc1. The average molecular weight is 303 g/mol. The fraction of sp³-hybridized carbons (Fsp3) is 0.0588. The van der Waals surface area contributed by atoms with Gasteiger partial charge in [-0.15, -0.1) is 5.10 Å². The van der Waals surface area contributed by atoms with E-state index in [1.165, 1.54) is 0 Å². The summed E-state index contributed by atoms with van der Waals surface area (Å²) < 4.78 is 1.65. The Hall–Kier alpha value is -3.28. The summed E-state index contributed by atoms with van der Waals surface area (Å²) in [6.45, 7) is 0. The Bertz CT molecular complexity index is 1050. The molecule has 1 N–H and O–H groups in total. The molecule has 6 heteroatoms. The van der Waals surface area contributed by atoms with E-state index in [2.05, 4.69) is 20.3 Å². The maximum atomic E-state index is 12.4. The molecule has 2 aromatic heterocycles. The standard InChI is InChI=1S/C17H13N5O/c1-22-16(11-7-3-2-4-8-11)14(20-21-22)15-17(23)19-13-10-6-5-9-12(13)18-15/h2-10H,1H3,(H,19,23). The molecule has 0 fully saturated rings. The Morgan fingerprint density at radius 3 is 2.52 bits per heavy atom. The molecule has 0 atom stereocenters. The fourth-order valence-corrected chi connectivity index (χ4v) is 2.63. The van der Waals surface area contributed by atoms with Gasteiger partial charge in [0.2, 0.25) is 0 Å². The Morgan fingerprint density at radius 1 is 0.957 bits per heavy atom. The first-order chi connectivity index (χ1) is 11.2. The summed E-state index contributed by atoms with van der Waals surface area (Å²) in [6, 6.07) is 17.1. The zero-order valence-corrected chi connectivity index (χ0v) is 12.4. The van der Waals surface area contributed by atoms with Gasteiger partial charge in [0.05, 0.1) is 16.7 Å². The van der Waals surface area contributed by atoms with Crippen molar-refractivity contribution < 1.29 is 0 Å². The van der Waals surface area contributed by atoms with Crippen molar-refractivity contribution in [2.75, 3.05) is 0 Å². The van der Waals surface area contributed by atoms with Crippen LogP contribution < -0.4 is 5.56 Å². The number of nitrogens with zero attached hydrogens (tertiary/aromatic N) is 4. The van der Waals surface area contributed by atoms with Crippen LogP contribution in [0.4, 0.5) is 0 Å². The van der Waals surface area contributed by atoms with E-state index in [-0.39, 0.29) is 11.3 Å². The highest BCUT2D eigenvalue weighted by Gasteiger charge is 2.19. The van der Waals surface area contributed by atoms with E-state index < -0.39 is 0 Å². The van der Waals surface area contributed by atoms with E-state index in [9.17, 15) is 4.79 Å². The third kappa shape index (κ3) is 2.20. The van der Waals surface area contributed by atoms with Crippen LogP contribution in [0.1, 0.15) is 0 Å². The minimum atomic E-state index is -0.276. The molecule has 2 heterocycles. The average Bonchev–Trinajstić information content (AvgIpc) is 2.96. The van der Waals surface area contributed by atoms with Crippen molar-refractivity contribution >= 4 is 11.0 Å². The molecule has 23 heavy (non-hydrogen) atoms. The number of hydrogen-bond donors (Lipinski definition) is 1. The van der Waals surface area contributed by atoms with Gasteiger partial charge in [-0.25, -0.2) is 9.67 Å². The molecule has 4 rings (SSSR count). The summed E-state index contributed by atoms with van der Waals surface area (Å²) in [6.07, 6.45) is 0. The first kappa shape index (κ1) is 13.4. The summed E-state index contributed by atoms with van der Waals surface area (Å²) in [4.78, 5) is 19.8. The predicted molar refractivity (Wildman–Crippen MR) is 87.8 cm³/mol. The van der Waals surface area contributed by atoms with Gasteiger partial charge in [0, 0.05) is 12.6 Å². The van der Waals surface area contributed by atoms with Crippen molar-refractivity contribution in [3.8, 4) is 22.6 Å². The highest BCUT2D eigenvalue weighted by atomic mass is 16.1. The lowest BCUT2D eigenvalue weighted by atomic mass is 10.1. The van der Waals surface area contributed by atoms with Gasteiger partial charge in [-0.1, -0.05) is 47.7 Å². The first-order valence-corrected chi connectivity index (χ1v) is 7.18. The number of hydrogen-bond acceptors (Lipinski definition) is 4. The van der Waals surface area contributed by atoms with Crippen LogP contribution in [0.15, 0.2) is 59.4 Å². The molecule has 2 aromatic carbocycles. The highest BCUT2D eigenvalue weighted by Crippen LogP contribution is 2.27. The summed E-state index contributed by atoms with van der Waals surface area (Å²) in [5.41, 5.74) is 3.59. The van der Waals surface area contributed by atoms with E-state index >= 15 is 0 Å². The Balaban J connectivity index is 1.99. The van der Waals surface area contributed by atoms with Crippen LogP contribution in [0.25, 0.3) is 33.7 Å². The topological polar surface area (TPSA) is 76.5 Å². The second-order valence-electron chi connectivity index (χ2n) is 5.21. The number of fused-ring (bicyclic) bond motifs is 1. The third-order valence-electron chi connectivity index (χ3n) is 3.70. The van der Waals surface area contributed by atoms with Crippen LogP contribution >= 0.6 is 0 Å². The molecule has 0 amide bonds. The number of aryl methyl sites for hydroxylation is 1. The Morgan fingerprint density at radius 2 is 1.70 bits per heavy atom. The van der Waals surface area contributed by atoms with Gasteiger partial charge in [-0.3, -0.25) is 4.79 Å². The smallest absolute Gasteiger partial charge is 0.276 e. The highest BCUT2D eigenvalue weighted by molar-refractivity contribution is 5.80. The number of para-hydroxylation sites is 2. The Labute approximate surface area is 131 Å². The van der Waals surface area contributed by atoms with Gasteiger partial charge in [0.25, 0.3) is 5.56 Å². The number of H-pyrrole nitrogens is 1. The molecule has 0 radical (unpaired) electrons. The molecular formula is C17H13N5O. The largest absolute Gasteiger partial charge is 0.319 e. The molecule has 6 nitrogen and oxygen atoms in total. The second-order valence-corrected chi connectivity index (χ2v) is 5.21. The van der Waals surface area contributed by atoms with E-state index in [0.29, 0.717) is 16.7 Å². The van der Waals surface area contributed by atoms with Crippen molar-refractivity contribution in [1.29, 1.82) is 0 Å². The van der Waals surface area contributed by atoms with Gasteiger partial charge in [-0.05, 0) is 12.1 Å². The molecule has 0 saturated carbocycles. The predicted octanol–water partition coefficient (Wildman–Crippen LogP) is 2.39. The van der Waals surface area contributed by atoms with Crippen molar-refractivity contribution in [2.45, 2.75) is 0 Å². The summed E-state index contributed by atoms with van der Waals surface area (Å²) in [7, 11) is 1.80. The number of nitrogens with one attached hydrogen (secondary N) is 1. The number of aromatic amines is 1. The number of aromatic nitrogens is 5. The van der Waals surface area contributed by atoms with Crippen LogP contribution in [0, 0.1) is 0 Å². The van der Waals surface area contributed by atoms with E-state index in [0.717, 1.165) is 11.3 Å². The van der Waals surface area contributed by atoms with Crippen LogP contribution in [0.3, 0.4) is 0 Å². The van der Waals surface area contributed by atoms with Gasteiger partial charge >= 0.3 is 0 Å². The zero-order chi connectivity index (χ0) is 15.8. The molecule has 0 unspecified atom stereocenters. The second kappa shape index (κ2) is 5.17. The third-order valence-corrected chi connectivity index (χ3v) is 3.70. The first-order valence-electron chi connectivity index (χ1n) is 7.18. The van der Waals surface area contributed by atoms with Gasteiger partial charge in [-0.2, -0.15) is 0 Å². The number of benzene rings is 2. The van der Waals surface area contributed by atoms with E-state index in [1.54, 1.807) is 11.7 Å². The normalized spacial score (nSPS) is 11.0. The minimum absolute atomic E-state index is 0.274. The van der Waals surface area contributed by atoms with Gasteiger partial charge in [0.1, 0.15) is 5.69 Å². The van der Waals surface area contributed by atoms with Crippen LogP contribution in [-0.4, -0.2) is 25.0 Å². The van der Waals surface area contributed by atoms with Crippen LogP contribution in [0.5, 0.6) is 0 Å². The maximum absolute atomic E-state index is 12.4. The lowest BCUT2D eigenvalue weighted by Gasteiger charge is -2.05. The Kier molecular flexibility index (Phi) is 3.01. The van der Waals surface area contributed by atoms with Crippen molar-refractivity contribution in [2.24, 2.45) is 7.05 Å². The summed E-state index contributed by atoms with van der Waals surface area (Å²) in [5, 5.41) is 8.22. The molecule has 0 bridgehead atoms. The lowest BCUT2D eigenvalue weighted by molar-refractivity contribution is 0.721. The lowest BCUT2D eigenvalue weighted by Crippen LogP contribution is -2.12. The fourth-order valence-electron chi connectivity index (χ4n) is 2.63. The van der Waals surface area contributed by atoms with Gasteiger partial charge < -0.3 is 4.98 Å². The van der Waals surface area contributed by atoms with Crippen LogP contribution in [0.2, 0.25) is 0 Å². The zero-order valence-electron chi connectivity index (χ0n) is 12.4. The van der Waals surface area contributed by atoms with E-state index in [1.807, 2.05) is 54.6 Å². The van der Waals surface area contributed by atoms with Crippen molar-refractivity contribution in [3.63, 3.8) is 0 Å². The molecule has 0 saturated heterocycles. The summed E-state index contributed by atoms with van der Waals surface area (Å²) >= 11 is 0. The van der Waals surface area contributed by atoms with E-state index in [4.69, 9.17) is 0 Å². The monoisotopic (exact) mass is 303 g/mol. The van der Waals surface area contributed by atoms with Crippen molar-refractivity contribution in [1.82, 2.24) is 25.0 Å². The minimum Gasteiger partial charge on any atom is -0.319 e. The molecule has 0 aliphatic heterocycles. The molecule has 112 valence electrons. The van der Waals surface area contributed by atoms with Crippen LogP contribution in [-0.2, 0) is 7.05 Å². The molecule has 0 aliphatic carbocycles. The van der Waals surface area contributed by atoms with Crippen molar-refractivity contribution in [3.05, 3.63) is 65.0 Å². The molecule has 4 aromatic rings. The van der Waals surface area contributed by atoms with Gasteiger partial charge in [0.15, 0.2) is 5.69 Å². The number of rotatable bonds is 2. The molecule has 0 aliphatic rings.